The molecule has 146 valence electrons. The van der Waals surface area contributed by atoms with Crippen LogP contribution in [0.15, 0.2) is 25.3 Å². The van der Waals surface area contributed by atoms with Gasteiger partial charge < -0.3 is 18.9 Å². The van der Waals surface area contributed by atoms with E-state index in [1.165, 1.54) is 0 Å². The van der Waals surface area contributed by atoms with E-state index in [4.69, 9.17) is 18.9 Å². The van der Waals surface area contributed by atoms with Gasteiger partial charge in [-0.25, -0.2) is 9.59 Å². The van der Waals surface area contributed by atoms with Gasteiger partial charge in [0.2, 0.25) is 0 Å². The molecule has 0 aromatic rings. The topological polar surface area (TPSA) is 95.1 Å². The first-order chi connectivity index (χ1) is 12.6. The van der Waals surface area contributed by atoms with Crippen LogP contribution in [0, 0.1) is 5.92 Å². The van der Waals surface area contributed by atoms with Crippen molar-refractivity contribution in [2.75, 3.05) is 26.7 Å². The van der Waals surface area contributed by atoms with Crippen LogP contribution in [0.25, 0.3) is 0 Å². The van der Waals surface area contributed by atoms with Gasteiger partial charge >= 0.3 is 11.9 Å². The van der Waals surface area contributed by atoms with E-state index in [2.05, 4.69) is 23.8 Å². The summed E-state index contributed by atoms with van der Waals surface area (Å²) in [4.78, 5) is 21.9. The van der Waals surface area contributed by atoms with Crippen LogP contribution >= 0.6 is 0 Å². The maximum atomic E-state index is 11.0. The fourth-order valence-corrected chi connectivity index (χ4v) is 3.20. The molecular formula is C18H28N2O6. The molecule has 1 saturated carbocycles. The highest BCUT2D eigenvalue weighted by atomic mass is 16.7. The molecule has 0 atom stereocenters. The van der Waals surface area contributed by atoms with Gasteiger partial charge in [-0.3, -0.25) is 10.6 Å². The highest BCUT2D eigenvalue weighted by Crippen LogP contribution is 2.28. The third-order valence-electron chi connectivity index (χ3n) is 4.66. The zero-order valence-electron chi connectivity index (χ0n) is 15.0. The van der Waals surface area contributed by atoms with Crippen molar-refractivity contribution < 1.29 is 28.5 Å². The molecule has 0 radical (unpaired) electrons. The van der Waals surface area contributed by atoms with Crippen LogP contribution in [-0.2, 0) is 28.5 Å². The summed E-state index contributed by atoms with van der Waals surface area (Å²) in [5.74, 6) is -0.437. The van der Waals surface area contributed by atoms with Crippen molar-refractivity contribution in [1.82, 2.24) is 10.6 Å². The summed E-state index contributed by atoms with van der Waals surface area (Å²) in [5, 5.41) is 6.91. The first-order valence-electron chi connectivity index (χ1n) is 8.90. The van der Waals surface area contributed by atoms with Crippen LogP contribution in [0.4, 0.5) is 0 Å². The van der Waals surface area contributed by atoms with Gasteiger partial charge in [-0.15, -0.1) is 0 Å². The lowest BCUT2D eigenvalue weighted by Gasteiger charge is -2.38. The Bertz CT molecular complexity index is 438. The Hall–Kier alpha value is -1.74. The number of carbonyl (C=O) groups is 2. The van der Waals surface area contributed by atoms with Crippen LogP contribution in [0.3, 0.4) is 0 Å². The molecule has 1 saturated heterocycles. The maximum Gasteiger partial charge on any atom is 0.332 e. The van der Waals surface area contributed by atoms with Gasteiger partial charge in [-0.05, 0) is 31.6 Å². The van der Waals surface area contributed by atoms with Gasteiger partial charge in [0.15, 0.2) is 13.6 Å². The third-order valence-corrected chi connectivity index (χ3v) is 4.66. The zero-order valence-corrected chi connectivity index (χ0v) is 15.0. The molecule has 1 aliphatic carbocycles. The molecule has 2 rings (SSSR count). The normalized spacial score (nSPS) is 28.8. The van der Waals surface area contributed by atoms with Crippen LogP contribution in [0.2, 0.25) is 0 Å². The largest absolute Gasteiger partial charge is 0.435 e. The summed E-state index contributed by atoms with van der Waals surface area (Å²) in [6, 6.07) is 0. The summed E-state index contributed by atoms with van der Waals surface area (Å²) in [7, 11) is 0. The Balaban J connectivity index is 1.58. The molecule has 8 nitrogen and oxygen atoms in total. The van der Waals surface area contributed by atoms with Crippen molar-refractivity contribution in [3.8, 4) is 0 Å². The predicted octanol–water partition coefficient (Wildman–Crippen LogP) is 0.839. The number of hydrogen-bond acceptors (Lipinski definition) is 8. The van der Waals surface area contributed by atoms with Crippen molar-refractivity contribution >= 4 is 11.9 Å². The van der Waals surface area contributed by atoms with Crippen molar-refractivity contribution in [2.24, 2.45) is 5.92 Å². The second-order valence-corrected chi connectivity index (χ2v) is 6.36. The third kappa shape index (κ3) is 6.87. The molecule has 2 N–H and O–H groups in total. The molecule has 0 aromatic carbocycles. The maximum absolute atomic E-state index is 11.0. The van der Waals surface area contributed by atoms with E-state index >= 15 is 0 Å². The molecule has 26 heavy (non-hydrogen) atoms. The number of ether oxygens (including phenoxy) is 4. The van der Waals surface area contributed by atoms with Crippen molar-refractivity contribution in [2.45, 2.75) is 44.1 Å². The average molecular weight is 368 g/mol. The first kappa shape index (κ1) is 20.6. The molecular weight excluding hydrogens is 340 g/mol. The van der Waals surface area contributed by atoms with Crippen molar-refractivity contribution in [3.63, 3.8) is 0 Å². The average Bonchev–Trinajstić information content (AvgIpc) is 2.68. The fourth-order valence-electron chi connectivity index (χ4n) is 3.20. The highest BCUT2D eigenvalue weighted by Gasteiger charge is 2.31. The molecule has 1 aliphatic heterocycles. The first-order valence-corrected chi connectivity index (χ1v) is 8.90. The molecule has 2 fully saturated rings. The van der Waals surface area contributed by atoms with Crippen LogP contribution in [0.5, 0.6) is 0 Å². The Morgan fingerprint density at radius 3 is 1.85 bits per heavy atom. The van der Waals surface area contributed by atoms with E-state index in [1.54, 1.807) is 0 Å². The molecule has 0 spiro atoms. The number of carbonyl (C=O) groups excluding carboxylic acids is 2. The van der Waals surface area contributed by atoms with E-state index in [-0.39, 0.29) is 32.0 Å². The van der Waals surface area contributed by atoms with Gasteiger partial charge in [-0.1, -0.05) is 13.2 Å². The second kappa shape index (κ2) is 11.1. The Morgan fingerprint density at radius 1 is 0.846 bits per heavy atom. The van der Waals surface area contributed by atoms with E-state index in [0.29, 0.717) is 19.0 Å². The summed E-state index contributed by atoms with van der Waals surface area (Å²) >= 11 is 0. The Labute approximate surface area is 153 Å². The molecule has 2 aliphatic rings. The summed E-state index contributed by atoms with van der Waals surface area (Å²) in [5.41, 5.74) is 0. The minimum Gasteiger partial charge on any atom is -0.435 e. The quantitative estimate of drug-likeness (QED) is 0.351. The van der Waals surface area contributed by atoms with Crippen LogP contribution in [0.1, 0.15) is 25.7 Å². The Kier molecular flexibility index (Phi) is 8.76. The molecule has 0 aromatic heterocycles. The van der Waals surface area contributed by atoms with Gasteiger partial charge in [0.1, 0.15) is 0 Å². The van der Waals surface area contributed by atoms with Gasteiger partial charge in [0, 0.05) is 25.2 Å². The SMILES string of the molecule is C=CC(=O)OCOC1CCC(C2NCC(OCOC(=O)C=C)CN2)CC1. The molecule has 8 heteroatoms. The zero-order chi connectivity index (χ0) is 18.8. The molecule has 1 heterocycles. The number of esters is 2. The predicted molar refractivity (Wildman–Crippen MR) is 93.8 cm³/mol. The number of nitrogens with one attached hydrogen (secondary N) is 2. The summed E-state index contributed by atoms with van der Waals surface area (Å²) in [6.07, 6.45) is 6.51. The summed E-state index contributed by atoms with van der Waals surface area (Å²) in [6.45, 7) is 8.00. The van der Waals surface area contributed by atoms with E-state index in [0.717, 1.165) is 37.8 Å². The summed E-state index contributed by atoms with van der Waals surface area (Å²) < 4.78 is 20.7. The minimum atomic E-state index is -0.488. The van der Waals surface area contributed by atoms with Gasteiger partial charge in [-0.2, -0.15) is 0 Å². The van der Waals surface area contributed by atoms with Crippen LogP contribution < -0.4 is 10.6 Å². The lowest BCUT2D eigenvalue weighted by molar-refractivity contribution is -0.158. The minimum absolute atomic E-state index is 0.0183. The number of hydrogen-bond donors (Lipinski definition) is 2. The van der Waals surface area contributed by atoms with Gasteiger partial charge in [0.25, 0.3) is 0 Å². The number of rotatable bonds is 9. The molecule has 0 bridgehead atoms. The van der Waals surface area contributed by atoms with E-state index in [1.807, 2.05) is 0 Å². The van der Waals surface area contributed by atoms with Crippen molar-refractivity contribution in [3.05, 3.63) is 25.3 Å². The highest BCUT2D eigenvalue weighted by molar-refractivity contribution is 5.81. The standard InChI is InChI=1S/C18H28N2O6/c1-3-16(21)25-11-23-14-7-5-13(6-8-14)18-19-9-15(10-20-18)24-12-26-17(22)4-2/h3-4,13-15,18-20H,1-2,5-12H2. The van der Waals surface area contributed by atoms with Gasteiger partial charge in [0.05, 0.1) is 18.4 Å². The molecule has 0 amide bonds. The monoisotopic (exact) mass is 368 g/mol. The lowest BCUT2D eigenvalue weighted by atomic mass is 9.84. The fraction of sp³-hybridized carbons (Fsp3) is 0.667. The van der Waals surface area contributed by atoms with E-state index < -0.39 is 11.9 Å². The second-order valence-electron chi connectivity index (χ2n) is 6.36. The van der Waals surface area contributed by atoms with Crippen molar-refractivity contribution in [1.29, 1.82) is 0 Å². The lowest BCUT2D eigenvalue weighted by Crippen LogP contribution is -2.59. The molecule has 0 unspecified atom stereocenters. The Morgan fingerprint density at radius 2 is 1.35 bits per heavy atom. The van der Waals surface area contributed by atoms with Crippen LogP contribution in [-0.4, -0.2) is 57.0 Å². The smallest absolute Gasteiger partial charge is 0.332 e. The van der Waals surface area contributed by atoms with E-state index in [9.17, 15) is 9.59 Å².